The number of rotatable bonds is 5. The zero-order valence-corrected chi connectivity index (χ0v) is 16.5. The highest BCUT2D eigenvalue weighted by molar-refractivity contribution is 7.89. The second-order valence-corrected chi connectivity index (χ2v) is 8.79. The first-order chi connectivity index (χ1) is 11.1. The van der Waals surface area contributed by atoms with Crippen molar-refractivity contribution >= 4 is 45.4 Å². The Balaban J connectivity index is 0.00000312. The first-order valence-corrected chi connectivity index (χ1v) is 9.57. The smallest absolute Gasteiger partial charge is 0.275 e. The van der Waals surface area contributed by atoms with E-state index in [1.54, 1.807) is 38.3 Å². The maximum absolute atomic E-state index is 12.3. The van der Waals surface area contributed by atoms with Gasteiger partial charge >= 0.3 is 0 Å². The van der Waals surface area contributed by atoms with E-state index < -0.39 is 21.5 Å². The van der Waals surface area contributed by atoms with E-state index in [0.717, 1.165) is 0 Å². The Kier molecular flexibility index (Phi) is 7.09. The van der Waals surface area contributed by atoms with Crippen molar-refractivity contribution in [3.05, 3.63) is 40.3 Å². The van der Waals surface area contributed by atoms with Crippen molar-refractivity contribution in [3.63, 3.8) is 0 Å². The third kappa shape index (κ3) is 6.05. The summed E-state index contributed by atoms with van der Waals surface area (Å²) in [5.41, 5.74) is 5.50. The molecule has 1 amide bonds. The lowest BCUT2D eigenvalue weighted by Gasteiger charge is -2.20. The van der Waals surface area contributed by atoms with Gasteiger partial charge in [-0.25, -0.2) is 18.1 Å². The fourth-order valence-electron chi connectivity index (χ4n) is 1.91. The van der Waals surface area contributed by atoms with Gasteiger partial charge in [-0.15, -0.1) is 23.7 Å². The van der Waals surface area contributed by atoms with Crippen LogP contribution in [0.4, 0.5) is 5.69 Å². The minimum absolute atomic E-state index is 0. The van der Waals surface area contributed by atoms with Crippen LogP contribution in [0.3, 0.4) is 0 Å². The third-order valence-electron chi connectivity index (χ3n) is 2.80. The molecule has 2 aromatic rings. The number of hydrogen-bond donors (Lipinski definition) is 3. The highest BCUT2D eigenvalue weighted by atomic mass is 35.5. The molecule has 0 spiro atoms. The van der Waals surface area contributed by atoms with Gasteiger partial charge in [-0.3, -0.25) is 4.79 Å². The minimum Gasteiger partial charge on any atom is -0.325 e. The predicted molar refractivity (Wildman–Crippen MR) is 102 cm³/mol. The zero-order valence-electron chi connectivity index (χ0n) is 14.1. The number of aromatic nitrogens is 1. The molecule has 7 nitrogen and oxygen atoms in total. The van der Waals surface area contributed by atoms with E-state index in [1.165, 1.54) is 23.5 Å². The van der Waals surface area contributed by atoms with Crippen molar-refractivity contribution < 1.29 is 13.2 Å². The van der Waals surface area contributed by atoms with E-state index in [9.17, 15) is 13.2 Å². The van der Waals surface area contributed by atoms with Crippen molar-refractivity contribution in [1.82, 2.24) is 9.71 Å². The first kappa shape index (κ1) is 21.5. The Labute approximate surface area is 157 Å². The number of amides is 1. The van der Waals surface area contributed by atoms with Crippen LogP contribution in [0, 0.1) is 0 Å². The number of anilines is 1. The summed E-state index contributed by atoms with van der Waals surface area (Å²) in [4.78, 5) is 16.3. The molecular formula is C15H21ClN4O3S2. The van der Waals surface area contributed by atoms with Gasteiger partial charge in [-0.1, -0.05) is 6.07 Å². The fraction of sp³-hybridized carbons (Fsp3) is 0.333. The molecule has 1 aromatic heterocycles. The number of thiazole rings is 1. The summed E-state index contributed by atoms with van der Waals surface area (Å²) >= 11 is 1.30. The number of nitrogens with one attached hydrogen (secondary N) is 2. The zero-order chi connectivity index (χ0) is 18.0. The van der Waals surface area contributed by atoms with Gasteiger partial charge in [0.05, 0.1) is 4.90 Å². The molecule has 138 valence electrons. The second-order valence-electron chi connectivity index (χ2n) is 6.17. The molecule has 0 saturated heterocycles. The second kappa shape index (κ2) is 8.24. The van der Waals surface area contributed by atoms with Crippen LogP contribution in [-0.4, -0.2) is 24.8 Å². The van der Waals surface area contributed by atoms with E-state index in [-0.39, 0.29) is 29.5 Å². The molecule has 0 radical (unpaired) electrons. The summed E-state index contributed by atoms with van der Waals surface area (Å²) in [6.45, 7) is 5.54. The summed E-state index contributed by atoms with van der Waals surface area (Å²) < 4.78 is 27.3. The molecule has 0 bridgehead atoms. The normalized spacial score (nSPS) is 11.7. The summed E-state index contributed by atoms with van der Waals surface area (Å²) in [7, 11) is -3.67. The Bertz CT molecular complexity index is 844. The van der Waals surface area contributed by atoms with Gasteiger partial charge in [-0.05, 0) is 39.0 Å². The highest BCUT2D eigenvalue weighted by Crippen LogP contribution is 2.18. The van der Waals surface area contributed by atoms with Crippen molar-refractivity contribution in [2.24, 2.45) is 5.73 Å². The number of nitrogens with two attached hydrogens (primary N) is 1. The predicted octanol–water partition coefficient (Wildman–Crippen LogP) is 2.35. The maximum Gasteiger partial charge on any atom is 0.275 e. The molecule has 1 aromatic carbocycles. The van der Waals surface area contributed by atoms with Crippen molar-refractivity contribution in [1.29, 1.82) is 0 Å². The number of carbonyl (C=O) groups excluding carboxylic acids is 1. The molecule has 0 saturated carbocycles. The Morgan fingerprint density at radius 3 is 2.56 bits per heavy atom. The summed E-state index contributed by atoms with van der Waals surface area (Å²) in [5.74, 6) is -0.413. The Morgan fingerprint density at radius 1 is 1.32 bits per heavy atom. The molecule has 0 fully saturated rings. The summed E-state index contributed by atoms with van der Waals surface area (Å²) in [6, 6.07) is 6.06. The molecule has 4 N–H and O–H groups in total. The van der Waals surface area contributed by atoms with Gasteiger partial charge in [-0.2, -0.15) is 0 Å². The number of halogens is 1. The monoisotopic (exact) mass is 404 g/mol. The SMILES string of the molecule is CC(C)(C)NS(=O)(=O)c1cccc(NC(=O)c2csc(CN)n2)c1.Cl. The van der Waals surface area contributed by atoms with Crippen LogP contribution in [-0.2, 0) is 16.6 Å². The molecule has 25 heavy (non-hydrogen) atoms. The topological polar surface area (TPSA) is 114 Å². The van der Waals surface area contributed by atoms with Gasteiger partial charge in [0, 0.05) is 23.2 Å². The third-order valence-corrected chi connectivity index (χ3v) is 5.43. The van der Waals surface area contributed by atoms with Crippen LogP contribution >= 0.6 is 23.7 Å². The number of sulfonamides is 1. The molecular weight excluding hydrogens is 384 g/mol. The van der Waals surface area contributed by atoms with E-state index in [2.05, 4.69) is 15.0 Å². The summed E-state index contributed by atoms with van der Waals surface area (Å²) in [6.07, 6.45) is 0. The quantitative estimate of drug-likeness (QED) is 0.707. The largest absolute Gasteiger partial charge is 0.325 e. The van der Waals surface area contributed by atoms with Crippen LogP contribution in [0.25, 0.3) is 0 Å². The van der Waals surface area contributed by atoms with Crippen LogP contribution < -0.4 is 15.8 Å². The van der Waals surface area contributed by atoms with Crippen LogP contribution in [0.1, 0.15) is 36.3 Å². The van der Waals surface area contributed by atoms with Crippen LogP contribution in [0.5, 0.6) is 0 Å². The highest BCUT2D eigenvalue weighted by Gasteiger charge is 2.22. The average Bonchev–Trinajstić information content (AvgIpc) is 2.94. The molecule has 0 atom stereocenters. The molecule has 0 aliphatic carbocycles. The fourth-order valence-corrected chi connectivity index (χ4v) is 4.03. The molecule has 0 aliphatic heterocycles. The molecule has 10 heteroatoms. The molecule has 0 unspecified atom stereocenters. The standard InChI is InChI=1S/C15H20N4O3S2.ClH/c1-15(2,3)19-24(21,22)11-6-4-5-10(7-11)17-14(20)12-9-23-13(8-16)18-12;/h4-7,9,19H,8,16H2,1-3H3,(H,17,20);1H. The Hall–Kier alpha value is -1.52. The maximum atomic E-state index is 12.3. The number of hydrogen-bond acceptors (Lipinski definition) is 6. The van der Waals surface area contributed by atoms with Crippen molar-refractivity contribution in [3.8, 4) is 0 Å². The van der Waals surface area contributed by atoms with Crippen LogP contribution in [0.15, 0.2) is 34.5 Å². The Morgan fingerprint density at radius 2 is 2.00 bits per heavy atom. The van der Waals surface area contributed by atoms with Gasteiger partial charge in [0.1, 0.15) is 10.7 Å². The number of nitrogens with zero attached hydrogens (tertiary/aromatic N) is 1. The number of benzene rings is 1. The van der Waals surface area contributed by atoms with Gasteiger partial charge in [0.15, 0.2) is 0 Å². The van der Waals surface area contributed by atoms with Gasteiger partial charge in [0.25, 0.3) is 5.91 Å². The van der Waals surface area contributed by atoms with Crippen LogP contribution in [0.2, 0.25) is 0 Å². The first-order valence-electron chi connectivity index (χ1n) is 7.20. The lowest BCUT2D eigenvalue weighted by molar-refractivity contribution is 0.102. The molecule has 2 rings (SSSR count). The molecule has 1 heterocycles. The van der Waals surface area contributed by atoms with E-state index in [4.69, 9.17) is 5.73 Å². The average molecular weight is 405 g/mol. The minimum atomic E-state index is -3.67. The number of carbonyl (C=O) groups is 1. The lowest BCUT2D eigenvalue weighted by Crippen LogP contribution is -2.40. The lowest BCUT2D eigenvalue weighted by atomic mass is 10.1. The molecule has 0 aliphatic rings. The summed E-state index contributed by atoms with van der Waals surface area (Å²) in [5, 5.41) is 4.91. The van der Waals surface area contributed by atoms with E-state index in [0.29, 0.717) is 10.7 Å². The van der Waals surface area contributed by atoms with E-state index in [1.807, 2.05) is 0 Å². The van der Waals surface area contributed by atoms with Crippen molar-refractivity contribution in [2.75, 3.05) is 5.32 Å². The van der Waals surface area contributed by atoms with Gasteiger partial charge in [0.2, 0.25) is 10.0 Å². The van der Waals surface area contributed by atoms with Gasteiger partial charge < -0.3 is 11.1 Å². The van der Waals surface area contributed by atoms with E-state index >= 15 is 0 Å². The van der Waals surface area contributed by atoms with Crippen molar-refractivity contribution in [2.45, 2.75) is 37.8 Å².